The molecule has 2 nitrogen and oxygen atoms in total. The van der Waals surface area contributed by atoms with Gasteiger partial charge in [-0.15, -0.1) is 0 Å². The molecule has 4 heteroatoms. The van der Waals surface area contributed by atoms with Crippen LogP contribution in [0.5, 0.6) is 0 Å². The summed E-state index contributed by atoms with van der Waals surface area (Å²) in [6, 6.07) is 19.6. The van der Waals surface area contributed by atoms with Gasteiger partial charge in [0.15, 0.2) is 7.14 Å². The minimum Gasteiger partial charge on any atom is -0.378 e. The first-order valence-electron chi connectivity index (χ1n) is 8.39. The Kier molecular flexibility index (Phi) is 6.39. The first-order chi connectivity index (χ1) is 11.4. The molecule has 0 heterocycles. The van der Waals surface area contributed by atoms with Crippen LogP contribution in [0.3, 0.4) is 0 Å². The molecule has 0 aliphatic heterocycles. The Morgan fingerprint density at radius 3 is 1.79 bits per heavy atom. The van der Waals surface area contributed by atoms with Crippen molar-refractivity contribution in [3.05, 3.63) is 71.7 Å². The van der Waals surface area contributed by atoms with Gasteiger partial charge in [0.2, 0.25) is 0 Å². The molecule has 2 aromatic rings. The van der Waals surface area contributed by atoms with Crippen molar-refractivity contribution in [2.45, 2.75) is 26.6 Å². The highest BCUT2D eigenvalue weighted by molar-refractivity contribution is 7.81. The molecule has 0 saturated heterocycles. The second-order valence-electron chi connectivity index (χ2n) is 6.87. The summed E-state index contributed by atoms with van der Waals surface area (Å²) in [5, 5.41) is 2.97. The lowest BCUT2D eigenvalue weighted by Gasteiger charge is -2.24. The second-order valence-corrected chi connectivity index (χ2v) is 14.6. The van der Waals surface area contributed by atoms with Crippen molar-refractivity contribution in [1.29, 1.82) is 0 Å². The molecule has 0 unspecified atom stereocenters. The van der Waals surface area contributed by atoms with E-state index in [1.165, 1.54) is 5.20 Å². The van der Waals surface area contributed by atoms with Crippen molar-refractivity contribution in [2.24, 2.45) is 0 Å². The lowest BCUT2D eigenvalue weighted by Crippen LogP contribution is -2.28. The van der Waals surface area contributed by atoms with Crippen LogP contribution in [0.25, 0.3) is 0 Å². The zero-order valence-electron chi connectivity index (χ0n) is 15.0. The lowest BCUT2D eigenvalue weighted by molar-refractivity contribution is 0.174. The summed E-state index contributed by atoms with van der Waals surface area (Å²) in [6.07, 6.45) is 0. The Morgan fingerprint density at radius 2 is 1.42 bits per heavy atom. The molecule has 0 aromatic heterocycles. The quantitative estimate of drug-likeness (QED) is 0.525. The minimum absolute atomic E-state index is 0.565. The fourth-order valence-corrected chi connectivity index (χ4v) is 7.45. The van der Waals surface area contributed by atoms with Gasteiger partial charge in [0.05, 0.1) is 14.7 Å². The fraction of sp³-hybridized carbons (Fsp3) is 0.300. The molecule has 0 fully saturated rings. The normalized spacial score (nSPS) is 13.1. The maximum atomic E-state index is 14.1. The largest absolute Gasteiger partial charge is 0.378 e. The summed E-state index contributed by atoms with van der Waals surface area (Å²) >= 11 is 0. The first-order valence-corrected chi connectivity index (χ1v) is 13.7. The van der Waals surface area contributed by atoms with Crippen molar-refractivity contribution in [3.63, 3.8) is 0 Å². The van der Waals surface area contributed by atoms with Gasteiger partial charge in [-0.25, -0.2) is 0 Å². The molecule has 24 heavy (non-hydrogen) atoms. The molecule has 0 aliphatic carbocycles. The molecule has 0 N–H and O–H groups in total. The molecule has 0 saturated carbocycles. The predicted molar refractivity (Wildman–Crippen MR) is 108 cm³/mol. The SMILES string of the molecule is CCOC/C(=C\P(=O)(c1ccccc1)c1ccccc1)[Si](C)(C)C. The van der Waals surface area contributed by atoms with Crippen LogP contribution in [0, 0.1) is 0 Å². The topological polar surface area (TPSA) is 26.3 Å². The third kappa shape index (κ3) is 4.57. The highest BCUT2D eigenvalue weighted by Gasteiger charge is 2.29. The van der Waals surface area contributed by atoms with E-state index in [2.05, 4.69) is 19.6 Å². The van der Waals surface area contributed by atoms with Crippen LogP contribution in [-0.2, 0) is 9.30 Å². The van der Waals surface area contributed by atoms with Gasteiger partial charge in [-0.1, -0.05) is 85.5 Å². The monoisotopic (exact) mass is 358 g/mol. The molecule has 2 rings (SSSR count). The summed E-state index contributed by atoms with van der Waals surface area (Å²) in [7, 11) is -4.46. The standard InChI is InChI=1S/C20H27O2PSi/c1-5-22-16-20(24(2,3)4)17-23(21,18-12-8-6-9-13-18)19-14-10-7-11-15-19/h6-15,17H,5,16H2,1-4H3/b20-17+. The van der Waals surface area contributed by atoms with E-state index in [-0.39, 0.29) is 0 Å². The predicted octanol–water partition coefficient (Wildman–Crippen LogP) is 4.80. The summed E-state index contributed by atoms with van der Waals surface area (Å²) in [5.41, 5.74) is 0. The molecule has 2 aromatic carbocycles. The second kappa shape index (κ2) is 8.11. The molecule has 128 valence electrons. The molecule has 0 radical (unpaired) electrons. The van der Waals surface area contributed by atoms with E-state index in [4.69, 9.17) is 4.74 Å². The van der Waals surface area contributed by atoms with Crippen molar-refractivity contribution in [2.75, 3.05) is 13.2 Å². The molecule has 0 amide bonds. The summed E-state index contributed by atoms with van der Waals surface area (Å²) in [4.78, 5) is 0. The van der Waals surface area contributed by atoms with Crippen molar-refractivity contribution < 1.29 is 9.30 Å². The van der Waals surface area contributed by atoms with E-state index in [0.29, 0.717) is 13.2 Å². The number of benzene rings is 2. The molecular weight excluding hydrogens is 331 g/mol. The fourth-order valence-electron chi connectivity index (χ4n) is 2.48. The molecule has 0 atom stereocenters. The van der Waals surface area contributed by atoms with Gasteiger partial charge in [0.1, 0.15) is 0 Å². The van der Waals surface area contributed by atoms with Gasteiger partial charge < -0.3 is 9.30 Å². The Hall–Kier alpha value is -1.41. The van der Waals surface area contributed by atoms with Gasteiger partial charge in [-0.05, 0) is 12.7 Å². The van der Waals surface area contributed by atoms with Gasteiger partial charge in [-0.3, -0.25) is 0 Å². The maximum absolute atomic E-state index is 14.1. The maximum Gasteiger partial charge on any atom is 0.163 e. The van der Waals surface area contributed by atoms with Crippen molar-refractivity contribution in [1.82, 2.24) is 0 Å². The van der Waals surface area contributed by atoms with Crippen LogP contribution in [0.1, 0.15) is 6.92 Å². The molecular formula is C20H27O2PSi. The number of hydrogen-bond acceptors (Lipinski definition) is 2. The number of hydrogen-bond donors (Lipinski definition) is 0. The lowest BCUT2D eigenvalue weighted by atomic mass is 10.4. The molecule has 0 spiro atoms. The average Bonchev–Trinajstić information content (AvgIpc) is 2.59. The van der Waals surface area contributed by atoms with Crippen LogP contribution in [0.4, 0.5) is 0 Å². The third-order valence-electron chi connectivity index (χ3n) is 4.04. The van der Waals surface area contributed by atoms with E-state index in [9.17, 15) is 4.57 Å². The number of rotatable bonds is 7. The van der Waals surface area contributed by atoms with E-state index < -0.39 is 15.2 Å². The van der Waals surface area contributed by atoms with E-state index >= 15 is 0 Å². The van der Waals surface area contributed by atoms with Gasteiger partial charge >= 0.3 is 0 Å². The van der Waals surface area contributed by atoms with Gasteiger partial charge in [0, 0.05) is 17.2 Å². The highest BCUT2D eigenvalue weighted by Crippen LogP contribution is 2.47. The van der Waals surface area contributed by atoms with Crippen LogP contribution in [0.2, 0.25) is 19.6 Å². The van der Waals surface area contributed by atoms with Gasteiger partial charge in [-0.2, -0.15) is 0 Å². The smallest absolute Gasteiger partial charge is 0.163 e. The Labute approximate surface area is 147 Å². The van der Waals surface area contributed by atoms with Crippen molar-refractivity contribution >= 4 is 25.8 Å². The van der Waals surface area contributed by atoms with E-state index in [1.807, 2.05) is 73.4 Å². The van der Waals surface area contributed by atoms with Crippen LogP contribution < -0.4 is 10.6 Å². The zero-order chi connectivity index (χ0) is 17.6. The van der Waals surface area contributed by atoms with Gasteiger partial charge in [0.25, 0.3) is 0 Å². The molecule has 0 bridgehead atoms. The molecule has 0 aliphatic rings. The highest BCUT2D eigenvalue weighted by atomic mass is 31.2. The minimum atomic E-state index is -2.82. The number of ether oxygens (including phenoxy) is 1. The summed E-state index contributed by atoms with van der Waals surface area (Å²) in [5.74, 6) is 2.03. The Morgan fingerprint density at radius 1 is 0.958 bits per heavy atom. The van der Waals surface area contributed by atoms with E-state index in [1.54, 1.807) is 0 Å². The van der Waals surface area contributed by atoms with Crippen LogP contribution >= 0.6 is 7.14 Å². The van der Waals surface area contributed by atoms with Crippen molar-refractivity contribution in [3.8, 4) is 0 Å². The Balaban J connectivity index is 2.62. The average molecular weight is 358 g/mol. The van der Waals surface area contributed by atoms with Crippen LogP contribution in [-0.4, -0.2) is 21.3 Å². The van der Waals surface area contributed by atoms with Crippen LogP contribution in [0.15, 0.2) is 71.7 Å². The Bertz CT molecular complexity index is 675. The first kappa shape index (κ1) is 18.9. The zero-order valence-corrected chi connectivity index (χ0v) is 16.9. The summed E-state index contributed by atoms with van der Waals surface area (Å²) < 4.78 is 19.8. The van der Waals surface area contributed by atoms with E-state index in [0.717, 1.165) is 10.6 Å². The summed E-state index contributed by atoms with van der Waals surface area (Å²) in [6.45, 7) is 10.1. The third-order valence-corrected chi connectivity index (χ3v) is 9.31.